The van der Waals surface area contributed by atoms with E-state index in [9.17, 15) is 0 Å². The standard InChI is InChI=1S/C18H27NO/c1-2-19-17(13-14-7-3-4-8-14)16-11-5-9-15-10-6-12-20-18(15)16/h5,9,11,14,17,19H,2-4,6-8,10,12-13H2,1H3. The molecule has 0 spiro atoms. The van der Waals surface area contributed by atoms with Crippen LogP contribution in [-0.4, -0.2) is 13.2 Å². The highest BCUT2D eigenvalue weighted by molar-refractivity contribution is 5.44. The molecule has 0 saturated heterocycles. The second-order valence-electron chi connectivity index (χ2n) is 6.28. The molecule has 2 heteroatoms. The van der Waals surface area contributed by atoms with Gasteiger partial charge in [-0.25, -0.2) is 0 Å². The van der Waals surface area contributed by atoms with E-state index in [1.165, 1.54) is 55.4 Å². The highest BCUT2D eigenvalue weighted by Crippen LogP contribution is 2.38. The molecule has 1 aromatic carbocycles. The first kappa shape index (κ1) is 13.9. The van der Waals surface area contributed by atoms with Gasteiger partial charge in [-0.2, -0.15) is 0 Å². The lowest BCUT2D eigenvalue weighted by molar-refractivity contribution is 0.278. The Bertz CT molecular complexity index is 437. The van der Waals surface area contributed by atoms with Gasteiger partial charge in [-0.1, -0.05) is 50.8 Å². The monoisotopic (exact) mass is 273 g/mol. The van der Waals surface area contributed by atoms with Crippen molar-refractivity contribution in [3.8, 4) is 5.75 Å². The summed E-state index contributed by atoms with van der Waals surface area (Å²) >= 11 is 0. The molecule has 1 atom stereocenters. The second kappa shape index (κ2) is 6.62. The molecule has 2 aliphatic rings. The van der Waals surface area contributed by atoms with Crippen LogP contribution in [0.4, 0.5) is 0 Å². The van der Waals surface area contributed by atoms with Crippen LogP contribution in [0.15, 0.2) is 18.2 Å². The molecular formula is C18H27NO. The fourth-order valence-electron chi connectivity index (χ4n) is 3.83. The van der Waals surface area contributed by atoms with Gasteiger partial charge in [0.15, 0.2) is 0 Å². The minimum atomic E-state index is 0.469. The lowest BCUT2D eigenvalue weighted by atomic mass is 9.90. The molecule has 110 valence electrons. The number of aryl methyl sites for hydroxylation is 1. The van der Waals surface area contributed by atoms with Crippen molar-refractivity contribution in [2.45, 2.75) is 57.9 Å². The molecule has 1 heterocycles. The summed E-state index contributed by atoms with van der Waals surface area (Å²) in [6, 6.07) is 7.18. The Morgan fingerprint density at radius 1 is 1.25 bits per heavy atom. The predicted molar refractivity (Wildman–Crippen MR) is 83.3 cm³/mol. The second-order valence-corrected chi connectivity index (χ2v) is 6.28. The average Bonchev–Trinajstić information content (AvgIpc) is 2.99. The summed E-state index contributed by atoms with van der Waals surface area (Å²) in [5, 5.41) is 3.70. The summed E-state index contributed by atoms with van der Waals surface area (Å²) < 4.78 is 6.01. The molecule has 0 bridgehead atoms. The predicted octanol–water partition coefficient (Wildman–Crippen LogP) is 4.24. The first-order chi connectivity index (χ1) is 9.88. The summed E-state index contributed by atoms with van der Waals surface area (Å²) in [6.07, 6.45) is 9.28. The smallest absolute Gasteiger partial charge is 0.127 e. The van der Waals surface area contributed by atoms with Crippen LogP contribution >= 0.6 is 0 Å². The first-order valence-corrected chi connectivity index (χ1v) is 8.36. The third-order valence-corrected chi connectivity index (χ3v) is 4.83. The van der Waals surface area contributed by atoms with Crippen molar-refractivity contribution >= 4 is 0 Å². The van der Waals surface area contributed by atoms with E-state index in [0.717, 1.165) is 25.5 Å². The van der Waals surface area contributed by atoms with Gasteiger partial charge in [-0.3, -0.25) is 0 Å². The SMILES string of the molecule is CCNC(CC1CCCC1)c1cccc2c1OCCC2. The molecule has 0 amide bonds. The number of rotatable bonds is 5. The Kier molecular flexibility index (Phi) is 4.62. The fourth-order valence-corrected chi connectivity index (χ4v) is 3.83. The zero-order chi connectivity index (χ0) is 13.8. The van der Waals surface area contributed by atoms with Crippen LogP contribution in [0.1, 0.15) is 62.6 Å². The van der Waals surface area contributed by atoms with Crippen molar-refractivity contribution in [1.29, 1.82) is 0 Å². The van der Waals surface area contributed by atoms with Gasteiger partial charge in [-0.15, -0.1) is 0 Å². The van der Waals surface area contributed by atoms with Crippen LogP contribution in [0.3, 0.4) is 0 Å². The van der Waals surface area contributed by atoms with Crippen molar-refractivity contribution in [2.75, 3.05) is 13.2 Å². The summed E-state index contributed by atoms with van der Waals surface area (Å²) in [4.78, 5) is 0. The van der Waals surface area contributed by atoms with Gasteiger partial charge in [0, 0.05) is 11.6 Å². The van der Waals surface area contributed by atoms with E-state index < -0.39 is 0 Å². The largest absolute Gasteiger partial charge is 0.493 e. The van der Waals surface area contributed by atoms with Crippen LogP contribution in [0.5, 0.6) is 5.75 Å². The molecule has 0 radical (unpaired) electrons. The van der Waals surface area contributed by atoms with E-state index in [-0.39, 0.29) is 0 Å². The van der Waals surface area contributed by atoms with Gasteiger partial charge in [0.2, 0.25) is 0 Å². The third-order valence-electron chi connectivity index (χ3n) is 4.83. The summed E-state index contributed by atoms with van der Waals surface area (Å²) in [7, 11) is 0. The molecule has 3 rings (SSSR count). The molecule has 2 nitrogen and oxygen atoms in total. The Labute approximate surface area is 122 Å². The van der Waals surface area contributed by atoms with Crippen molar-refractivity contribution in [3.63, 3.8) is 0 Å². The highest BCUT2D eigenvalue weighted by atomic mass is 16.5. The topological polar surface area (TPSA) is 21.3 Å². The van der Waals surface area contributed by atoms with Crippen molar-refractivity contribution in [2.24, 2.45) is 5.92 Å². The van der Waals surface area contributed by atoms with E-state index in [1.54, 1.807) is 0 Å². The van der Waals surface area contributed by atoms with Crippen LogP contribution < -0.4 is 10.1 Å². The zero-order valence-corrected chi connectivity index (χ0v) is 12.7. The van der Waals surface area contributed by atoms with Gasteiger partial charge in [0.05, 0.1) is 6.61 Å². The molecule has 1 saturated carbocycles. The van der Waals surface area contributed by atoms with Gasteiger partial charge in [0.1, 0.15) is 5.75 Å². The van der Waals surface area contributed by atoms with Crippen LogP contribution in [-0.2, 0) is 6.42 Å². The molecule has 1 fully saturated rings. The lowest BCUT2D eigenvalue weighted by Crippen LogP contribution is -2.24. The Hall–Kier alpha value is -1.02. The molecule has 1 N–H and O–H groups in total. The zero-order valence-electron chi connectivity index (χ0n) is 12.7. The van der Waals surface area contributed by atoms with Gasteiger partial charge in [0.25, 0.3) is 0 Å². The molecular weight excluding hydrogens is 246 g/mol. The van der Waals surface area contributed by atoms with Gasteiger partial charge >= 0.3 is 0 Å². The summed E-state index contributed by atoms with van der Waals surface area (Å²) in [5.41, 5.74) is 2.80. The number of nitrogens with one attached hydrogen (secondary N) is 1. The molecule has 1 aromatic rings. The fraction of sp³-hybridized carbons (Fsp3) is 0.667. The number of benzene rings is 1. The number of hydrogen-bond donors (Lipinski definition) is 1. The maximum atomic E-state index is 6.01. The van der Waals surface area contributed by atoms with E-state index in [2.05, 4.69) is 30.4 Å². The number of hydrogen-bond acceptors (Lipinski definition) is 2. The Morgan fingerprint density at radius 3 is 2.90 bits per heavy atom. The lowest BCUT2D eigenvalue weighted by Gasteiger charge is -2.27. The van der Waals surface area contributed by atoms with Crippen molar-refractivity contribution in [3.05, 3.63) is 29.3 Å². The quantitative estimate of drug-likeness (QED) is 0.866. The first-order valence-electron chi connectivity index (χ1n) is 8.36. The van der Waals surface area contributed by atoms with E-state index >= 15 is 0 Å². The van der Waals surface area contributed by atoms with E-state index in [1.807, 2.05) is 0 Å². The maximum absolute atomic E-state index is 6.01. The highest BCUT2D eigenvalue weighted by Gasteiger charge is 2.24. The van der Waals surface area contributed by atoms with Crippen LogP contribution in [0, 0.1) is 5.92 Å². The molecule has 1 aliphatic carbocycles. The van der Waals surface area contributed by atoms with Crippen LogP contribution in [0.25, 0.3) is 0 Å². The number of ether oxygens (including phenoxy) is 1. The minimum Gasteiger partial charge on any atom is -0.493 e. The van der Waals surface area contributed by atoms with Crippen LogP contribution in [0.2, 0.25) is 0 Å². The minimum absolute atomic E-state index is 0.469. The van der Waals surface area contributed by atoms with E-state index in [4.69, 9.17) is 4.74 Å². The average molecular weight is 273 g/mol. The van der Waals surface area contributed by atoms with Crippen molar-refractivity contribution < 1.29 is 4.74 Å². The molecule has 1 aliphatic heterocycles. The maximum Gasteiger partial charge on any atom is 0.127 e. The Balaban J connectivity index is 1.82. The Morgan fingerprint density at radius 2 is 2.10 bits per heavy atom. The molecule has 20 heavy (non-hydrogen) atoms. The van der Waals surface area contributed by atoms with Crippen molar-refractivity contribution in [1.82, 2.24) is 5.32 Å². The molecule has 1 unspecified atom stereocenters. The normalized spacial score (nSPS) is 20.4. The number of fused-ring (bicyclic) bond motifs is 1. The number of para-hydroxylation sites is 1. The van der Waals surface area contributed by atoms with Gasteiger partial charge < -0.3 is 10.1 Å². The third kappa shape index (κ3) is 3.01. The summed E-state index contributed by atoms with van der Waals surface area (Å²) in [6.45, 7) is 4.12. The van der Waals surface area contributed by atoms with Gasteiger partial charge in [-0.05, 0) is 37.3 Å². The summed E-state index contributed by atoms with van der Waals surface area (Å²) in [5.74, 6) is 2.08. The molecule has 0 aromatic heterocycles. The van der Waals surface area contributed by atoms with E-state index in [0.29, 0.717) is 6.04 Å².